The number of piperazine rings is 1. The number of likely N-dealkylation sites (N-methyl/N-ethyl adjacent to an activating group) is 1. The number of hydrogen-bond donors (Lipinski definition) is 1. The van der Waals surface area contributed by atoms with Crippen LogP contribution in [0.15, 0.2) is 79.3 Å². The van der Waals surface area contributed by atoms with Gasteiger partial charge in [0.25, 0.3) is 0 Å². The predicted octanol–water partition coefficient (Wildman–Crippen LogP) is 5.19. The van der Waals surface area contributed by atoms with E-state index < -0.39 is 23.6 Å². The van der Waals surface area contributed by atoms with E-state index in [1.165, 1.54) is 12.1 Å². The summed E-state index contributed by atoms with van der Waals surface area (Å²) in [6.45, 7) is 2.03. The quantitative estimate of drug-likeness (QED) is 0.222. The summed E-state index contributed by atoms with van der Waals surface area (Å²) in [6, 6.07) is 18.5. The highest BCUT2D eigenvalue weighted by Crippen LogP contribution is 2.44. The van der Waals surface area contributed by atoms with E-state index in [1.54, 1.807) is 41.3 Å². The average Bonchev–Trinajstić information content (AvgIpc) is 3.70. The molecule has 12 heteroatoms. The fourth-order valence-corrected chi connectivity index (χ4v) is 6.11. The van der Waals surface area contributed by atoms with Crippen LogP contribution in [0.25, 0.3) is 39.3 Å². The van der Waals surface area contributed by atoms with Crippen LogP contribution in [0, 0.1) is 0 Å². The van der Waals surface area contributed by atoms with Gasteiger partial charge in [0, 0.05) is 66.1 Å². The zero-order chi connectivity index (χ0) is 29.9. The van der Waals surface area contributed by atoms with Gasteiger partial charge in [-0.15, -0.1) is 0 Å². The number of phenols is 1. The number of aromatic nitrogens is 4. The third-order valence-electron chi connectivity index (χ3n) is 8.17. The molecule has 5 aromatic rings. The first kappa shape index (κ1) is 26.9. The summed E-state index contributed by atoms with van der Waals surface area (Å²) in [7, 11) is 2.17. The van der Waals surface area contributed by atoms with Crippen molar-refractivity contribution in [1.82, 2.24) is 24.5 Å². The fraction of sp³-hybridized carbons (Fsp3) is 0.226. The SMILES string of the molecule is CN1C[C@@H]2C[C@H]1CN2c1ccc(-c2ccnc3c(-c4cccc(O)c4OC(=O)C(F)(F)F)c(-c4ccncc4)nn23)cc1. The number of likely N-dealkylation sites (tertiary alicyclic amines) is 1. The number of nitrogens with zero attached hydrogens (tertiary/aromatic N) is 6. The van der Waals surface area contributed by atoms with Crippen LogP contribution >= 0.6 is 0 Å². The normalized spacial score (nSPS) is 18.5. The number of benzene rings is 2. The molecule has 1 N–H and O–H groups in total. The maximum Gasteiger partial charge on any atom is 0.491 e. The number of ether oxygens (including phenoxy) is 1. The van der Waals surface area contributed by atoms with Gasteiger partial charge in [0.05, 0.1) is 11.3 Å². The molecule has 3 aromatic heterocycles. The molecule has 9 nitrogen and oxygen atoms in total. The van der Waals surface area contributed by atoms with Crippen LogP contribution in [-0.2, 0) is 4.79 Å². The Hall–Kier alpha value is -4.97. The Labute approximate surface area is 243 Å². The molecule has 2 saturated heterocycles. The maximum absolute atomic E-state index is 13.2. The van der Waals surface area contributed by atoms with E-state index in [0.717, 1.165) is 36.8 Å². The highest BCUT2D eigenvalue weighted by Gasteiger charge is 2.43. The minimum atomic E-state index is -5.27. The molecule has 2 atom stereocenters. The number of anilines is 1. The number of esters is 1. The van der Waals surface area contributed by atoms with Gasteiger partial charge in [0.15, 0.2) is 17.1 Å². The van der Waals surface area contributed by atoms with Gasteiger partial charge in [-0.2, -0.15) is 18.3 Å². The lowest BCUT2D eigenvalue weighted by Crippen LogP contribution is -2.44. The number of rotatable bonds is 5. The molecule has 2 aromatic carbocycles. The number of hydrogen-bond acceptors (Lipinski definition) is 8. The number of pyridine rings is 1. The van der Waals surface area contributed by atoms with Crippen LogP contribution in [0.3, 0.4) is 0 Å². The largest absolute Gasteiger partial charge is 0.504 e. The van der Waals surface area contributed by atoms with E-state index in [4.69, 9.17) is 9.84 Å². The number of phenolic OH excluding ortho intramolecular Hbond substituents is 1. The van der Waals surface area contributed by atoms with Crippen LogP contribution in [-0.4, -0.2) is 74.0 Å². The molecule has 0 radical (unpaired) electrons. The fourth-order valence-electron chi connectivity index (χ4n) is 6.11. The zero-order valence-electron chi connectivity index (χ0n) is 22.9. The second-order valence-electron chi connectivity index (χ2n) is 10.7. The van der Waals surface area contributed by atoms with Crippen LogP contribution < -0.4 is 9.64 Å². The van der Waals surface area contributed by atoms with Crippen molar-refractivity contribution < 1.29 is 27.8 Å². The molecular weight excluding hydrogens is 561 g/mol. The molecule has 5 heterocycles. The van der Waals surface area contributed by atoms with Crippen molar-refractivity contribution in [2.75, 3.05) is 25.0 Å². The van der Waals surface area contributed by atoms with Crippen LogP contribution in [0.2, 0.25) is 0 Å². The lowest BCUT2D eigenvalue weighted by Gasteiger charge is -2.33. The molecular formula is C31H25F3N6O3. The van der Waals surface area contributed by atoms with E-state index in [1.807, 2.05) is 12.1 Å². The minimum Gasteiger partial charge on any atom is -0.504 e. The third kappa shape index (κ3) is 4.63. The summed E-state index contributed by atoms with van der Waals surface area (Å²) >= 11 is 0. The number of fused-ring (bicyclic) bond motifs is 3. The number of alkyl halides is 3. The molecule has 0 unspecified atom stereocenters. The molecule has 2 aliphatic heterocycles. The van der Waals surface area contributed by atoms with Crippen molar-refractivity contribution in [2.24, 2.45) is 0 Å². The van der Waals surface area contributed by atoms with Gasteiger partial charge >= 0.3 is 12.1 Å². The Morgan fingerprint density at radius 2 is 1.72 bits per heavy atom. The van der Waals surface area contributed by atoms with Crippen LogP contribution in [0.4, 0.5) is 18.9 Å². The van der Waals surface area contributed by atoms with Gasteiger partial charge in [-0.05, 0) is 49.9 Å². The Morgan fingerprint density at radius 1 is 0.953 bits per heavy atom. The van der Waals surface area contributed by atoms with Crippen molar-refractivity contribution >= 4 is 17.3 Å². The molecule has 2 aliphatic rings. The molecule has 2 fully saturated rings. The van der Waals surface area contributed by atoms with E-state index in [2.05, 4.69) is 38.9 Å². The molecule has 2 bridgehead atoms. The summed E-state index contributed by atoms with van der Waals surface area (Å²) in [6.07, 6.45) is 0.598. The van der Waals surface area contributed by atoms with Gasteiger partial charge in [-0.3, -0.25) is 9.88 Å². The van der Waals surface area contributed by atoms with Gasteiger partial charge < -0.3 is 14.7 Å². The summed E-state index contributed by atoms with van der Waals surface area (Å²) in [5, 5.41) is 15.4. The van der Waals surface area contributed by atoms with Crippen molar-refractivity contribution in [1.29, 1.82) is 0 Å². The second kappa shape index (κ2) is 10.1. The molecule has 0 aliphatic carbocycles. The monoisotopic (exact) mass is 586 g/mol. The van der Waals surface area contributed by atoms with Crippen LogP contribution in [0.5, 0.6) is 11.5 Å². The Bertz CT molecular complexity index is 1840. The molecule has 43 heavy (non-hydrogen) atoms. The van der Waals surface area contributed by atoms with Crippen molar-refractivity contribution in [3.63, 3.8) is 0 Å². The Kier molecular flexibility index (Phi) is 6.31. The number of carbonyl (C=O) groups is 1. The number of para-hydroxylation sites is 1. The third-order valence-corrected chi connectivity index (χ3v) is 8.17. The summed E-state index contributed by atoms with van der Waals surface area (Å²) in [4.78, 5) is 25.3. The van der Waals surface area contributed by atoms with Crippen molar-refractivity contribution in [3.05, 3.63) is 79.3 Å². The summed E-state index contributed by atoms with van der Waals surface area (Å²) in [5.41, 5.74) is 4.24. The Morgan fingerprint density at radius 3 is 2.40 bits per heavy atom. The number of carbonyl (C=O) groups excluding carboxylic acids is 1. The van der Waals surface area contributed by atoms with Crippen molar-refractivity contribution in [3.8, 4) is 45.1 Å². The first-order valence-electron chi connectivity index (χ1n) is 13.7. The average molecular weight is 587 g/mol. The highest BCUT2D eigenvalue weighted by atomic mass is 19.4. The van der Waals surface area contributed by atoms with Gasteiger partial charge in [-0.25, -0.2) is 14.3 Å². The second-order valence-corrected chi connectivity index (χ2v) is 10.7. The maximum atomic E-state index is 13.2. The summed E-state index contributed by atoms with van der Waals surface area (Å²) < 4.78 is 45.8. The first-order valence-corrected chi connectivity index (χ1v) is 13.7. The molecule has 218 valence electrons. The lowest BCUT2D eigenvalue weighted by atomic mass is 10.0. The molecule has 7 rings (SSSR count). The lowest BCUT2D eigenvalue weighted by molar-refractivity contribution is -0.189. The Balaban J connectivity index is 1.36. The first-order chi connectivity index (χ1) is 20.7. The van der Waals surface area contributed by atoms with Crippen molar-refractivity contribution in [2.45, 2.75) is 24.7 Å². The zero-order valence-corrected chi connectivity index (χ0v) is 22.9. The predicted molar refractivity (Wildman–Crippen MR) is 153 cm³/mol. The minimum absolute atomic E-state index is 0.0217. The standard InChI is InChI=1S/C31H25F3N6O3/c1-38-16-22-15-21(38)17-39(22)20-7-5-18(6-8-20)24-11-14-36-29-26(27(37-40(24)29)19-9-12-35-13-10-19)23-3-2-4-25(41)28(23)43-30(42)31(32,33)34/h2-14,21-22,41H,15-17H2,1H3/t21-,22-/m0/s1. The van der Waals surface area contributed by atoms with E-state index >= 15 is 0 Å². The van der Waals surface area contributed by atoms with Gasteiger partial charge in [0.2, 0.25) is 0 Å². The van der Waals surface area contributed by atoms with E-state index in [-0.39, 0.29) is 11.1 Å². The molecule has 0 amide bonds. The topological polar surface area (TPSA) is 96.1 Å². The van der Waals surface area contributed by atoms with Gasteiger partial charge in [-0.1, -0.05) is 24.3 Å². The van der Waals surface area contributed by atoms with Crippen LogP contribution in [0.1, 0.15) is 6.42 Å². The van der Waals surface area contributed by atoms with Gasteiger partial charge in [0.1, 0.15) is 5.69 Å². The highest BCUT2D eigenvalue weighted by molar-refractivity contribution is 5.95. The summed E-state index contributed by atoms with van der Waals surface area (Å²) in [5.74, 6) is -3.73. The number of aromatic hydroxyl groups is 1. The number of halogens is 3. The smallest absolute Gasteiger partial charge is 0.491 e. The van der Waals surface area contributed by atoms with E-state index in [0.29, 0.717) is 34.7 Å². The molecule has 0 saturated carbocycles. The molecule has 0 spiro atoms. The van der Waals surface area contributed by atoms with E-state index in [9.17, 15) is 23.1 Å².